The number of rotatable bonds is 6. The van der Waals surface area contributed by atoms with Gasteiger partial charge < -0.3 is 24.4 Å². The summed E-state index contributed by atoms with van der Waals surface area (Å²) in [6.45, 7) is 0. The molecule has 0 amide bonds. The SMILES string of the molecule is COc1ccc(C(=O)C(O)c2c(O)cc(OC)cc2OC)cc1. The van der Waals surface area contributed by atoms with Gasteiger partial charge in [-0.15, -0.1) is 0 Å². The van der Waals surface area contributed by atoms with Crippen molar-refractivity contribution in [3.05, 3.63) is 47.5 Å². The summed E-state index contributed by atoms with van der Waals surface area (Å²) in [7, 11) is 4.33. The molecular weight excluding hydrogens is 300 g/mol. The van der Waals surface area contributed by atoms with E-state index in [1.54, 1.807) is 12.1 Å². The molecule has 2 N–H and O–H groups in total. The average Bonchev–Trinajstić information content (AvgIpc) is 2.59. The lowest BCUT2D eigenvalue weighted by atomic mass is 9.98. The van der Waals surface area contributed by atoms with Crippen LogP contribution in [-0.2, 0) is 0 Å². The molecule has 0 fully saturated rings. The molecule has 0 bridgehead atoms. The molecule has 2 aromatic carbocycles. The molecule has 0 spiro atoms. The first-order chi connectivity index (χ1) is 11.0. The maximum absolute atomic E-state index is 12.4. The van der Waals surface area contributed by atoms with Crippen LogP contribution in [0, 0.1) is 0 Å². The van der Waals surface area contributed by atoms with E-state index in [0.29, 0.717) is 11.5 Å². The van der Waals surface area contributed by atoms with Gasteiger partial charge in [-0.3, -0.25) is 4.79 Å². The van der Waals surface area contributed by atoms with Gasteiger partial charge in [-0.05, 0) is 24.3 Å². The zero-order valence-corrected chi connectivity index (χ0v) is 13.1. The highest BCUT2D eigenvalue weighted by Crippen LogP contribution is 2.38. The van der Waals surface area contributed by atoms with Crippen LogP contribution in [0.2, 0.25) is 0 Å². The van der Waals surface area contributed by atoms with Gasteiger partial charge in [-0.25, -0.2) is 0 Å². The first kappa shape index (κ1) is 16.6. The lowest BCUT2D eigenvalue weighted by molar-refractivity contribution is 0.0736. The molecule has 0 aliphatic carbocycles. The molecule has 0 heterocycles. The number of benzene rings is 2. The molecule has 0 aromatic heterocycles. The Balaban J connectivity index is 2.38. The highest BCUT2D eigenvalue weighted by molar-refractivity contribution is 6.00. The van der Waals surface area contributed by atoms with Crippen LogP contribution in [0.3, 0.4) is 0 Å². The number of hydrogen-bond donors (Lipinski definition) is 2. The summed E-state index contributed by atoms with van der Waals surface area (Å²) in [4.78, 5) is 12.4. The normalized spacial score (nSPS) is 11.7. The number of phenols is 1. The van der Waals surface area contributed by atoms with Gasteiger partial charge in [0.2, 0.25) is 0 Å². The molecule has 0 aliphatic heterocycles. The van der Waals surface area contributed by atoms with Crippen LogP contribution < -0.4 is 14.2 Å². The zero-order valence-electron chi connectivity index (χ0n) is 13.1. The predicted octanol–water partition coefficient (Wildman–Crippen LogP) is 2.33. The third-order valence-electron chi connectivity index (χ3n) is 3.45. The topological polar surface area (TPSA) is 85.2 Å². The number of aliphatic hydroxyl groups excluding tert-OH is 1. The Hall–Kier alpha value is -2.73. The van der Waals surface area contributed by atoms with Gasteiger partial charge >= 0.3 is 0 Å². The number of aliphatic hydroxyl groups is 1. The van der Waals surface area contributed by atoms with E-state index in [9.17, 15) is 15.0 Å². The van der Waals surface area contributed by atoms with Gasteiger partial charge in [0, 0.05) is 17.7 Å². The summed E-state index contributed by atoms with van der Waals surface area (Å²) >= 11 is 0. The molecule has 122 valence electrons. The van der Waals surface area contributed by atoms with Crippen molar-refractivity contribution in [1.29, 1.82) is 0 Å². The molecule has 0 saturated heterocycles. The van der Waals surface area contributed by atoms with Crippen molar-refractivity contribution in [2.24, 2.45) is 0 Å². The molecule has 0 radical (unpaired) electrons. The molecule has 1 atom stereocenters. The third kappa shape index (κ3) is 3.37. The Bertz CT molecular complexity index is 693. The van der Waals surface area contributed by atoms with Gasteiger partial charge in [-0.1, -0.05) is 0 Å². The molecule has 2 aromatic rings. The van der Waals surface area contributed by atoms with Gasteiger partial charge in [0.15, 0.2) is 5.78 Å². The zero-order chi connectivity index (χ0) is 17.0. The smallest absolute Gasteiger partial charge is 0.196 e. The first-order valence-electron chi connectivity index (χ1n) is 6.83. The number of carbonyl (C=O) groups excluding carboxylic acids is 1. The lowest BCUT2D eigenvalue weighted by Gasteiger charge is -2.17. The second-order valence-electron chi connectivity index (χ2n) is 4.76. The molecule has 1 unspecified atom stereocenters. The van der Waals surface area contributed by atoms with E-state index in [2.05, 4.69) is 0 Å². The second kappa shape index (κ2) is 7.02. The number of carbonyl (C=O) groups is 1. The Labute approximate surface area is 133 Å². The monoisotopic (exact) mass is 318 g/mol. The lowest BCUT2D eigenvalue weighted by Crippen LogP contribution is -2.13. The van der Waals surface area contributed by atoms with Crippen molar-refractivity contribution in [2.45, 2.75) is 6.10 Å². The summed E-state index contributed by atoms with van der Waals surface area (Å²) in [6.07, 6.45) is -1.57. The number of methoxy groups -OCH3 is 3. The van der Waals surface area contributed by atoms with Crippen molar-refractivity contribution < 1.29 is 29.2 Å². The van der Waals surface area contributed by atoms with Crippen LogP contribution in [0.15, 0.2) is 36.4 Å². The minimum absolute atomic E-state index is 0.00545. The van der Waals surface area contributed by atoms with E-state index in [0.717, 1.165) is 0 Å². The van der Waals surface area contributed by atoms with E-state index in [-0.39, 0.29) is 22.6 Å². The Morgan fingerprint density at radius 1 is 0.957 bits per heavy atom. The van der Waals surface area contributed by atoms with Gasteiger partial charge in [0.1, 0.15) is 29.1 Å². The first-order valence-corrected chi connectivity index (χ1v) is 6.83. The maximum atomic E-state index is 12.4. The van der Waals surface area contributed by atoms with E-state index < -0.39 is 11.9 Å². The van der Waals surface area contributed by atoms with Crippen LogP contribution in [0.25, 0.3) is 0 Å². The number of hydrogen-bond acceptors (Lipinski definition) is 6. The molecule has 0 saturated carbocycles. The van der Waals surface area contributed by atoms with Crippen molar-refractivity contribution in [3.8, 4) is 23.0 Å². The fourth-order valence-electron chi connectivity index (χ4n) is 2.19. The van der Waals surface area contributed by atoms with Gasteiger partial charge in [0.25, 0.3) is 0 Å². The summed E-state index contributed by atoms with van der Waals surface area (Å²) in [5, 5.41) is 20.5. The van der Waals surface area contributed by atoms with E-state index in [4.69, 9.17) is 14.2 Å². The summed E-state index contributed by atoms with van der Waals surface area (Å²) < 4.78 is 15.2. The Morgan fingerprint density at radius 3 is 2.09 bits per heavy atom. The number of ether oxygens (including phenoxy) is 3. The van der Waals surface area contributed by atoms with Gasteiger partial charge in [0.05, 0.1) is 26.9 Å². The third-order valence-corrected chi connectivity index (χ3v) is 3.45. The number of aromatic hydroxyl groups is 1. The van der Waals surface area contributed by atoms with E-state index in [1.165, 1.54) is 45.6 Å². The van der Waals surface area contributed by atoms with Crippen molar-refractivity contribution in [2.75, 3.05) is 21.3 Å². The number of phenolic OH excluding ortho intramolecular Hbond substituents is 1. The van der Waals surface area contributed by atoms with Crippen LogP contribution >= 0.6 is 0 Å². The van der Waals surface area contributed by atoms with Crippen LogP contribution in [0.1, 0.15) is 22.0 Å². The molecule has 2 rings (SSSR count). The van der Waals surface area contributed by atoms with Crippen LogP contribution in [0.5, 0.6) is 23.0 Å². The van der Waals surface area contributed by atoms with Crippen LogP contribution in [0.4, 0.5) is 0 Å². The second-order valence-corrected chi connectivity index (χ2v) is 4.76. The van der Waals surface area contributed by atoms with Crippen molar-refractivity contribution in [1.82, 2.24) is 0 Å². The fraction of sp³-hybridized carbons (Fsp3) is 0.235. The van der Waals surface area contributed by atoms with Crippen molar-refractivity contribution in [3.63, 3.8) is 0 Å². The average molecular weight is 318 g/mol. The number of Topliss-reactive ketones (excluding diaryl/α,β-unsaturated/α-hetero) is 1. The highest BCUT2D eigenvalue weighted by atomic mass is 16.5. The largest absolute Gasteiger partial charge is 0.507 e. The Kier molecular flexibility index (Phi) is 5.08. The van der Waals surface area contributed by atoms with Gasteiger partial charge in [-0.2, -0.15) is 0 Å². The Morgan fingerprint density at radius 2 is 1.57 bits per heavy atom. The van der Waals surface area contributed by atoms with E-state index in [1.807, 2.05) is 0 Å². The fourth-order valence-corrected chi connectivity index (χ4v) is 2.19. The minimum Gasteiger partial charge on any atom is -0.507 e. The molecule has 6 nitrogen and oxygen atoms in total. The standard InChI is InChI=1S/C17H18O6/c1-21-11-6-4-10(5-7-11)16(19)17(20)15-13(18)8-12(22-2)9-14(15)23-3/h4-9,17-18,20H,1-3H3. The molecular formula is C17H18O6. The quantitative estimate of drug-likeness (QED) is 0.795. The maximum Gasteiger partial charge on any atom is 0.196 e. The molecule has 6 heteroatoms. The summed E-state index contributed by atoms with van der Waals surface area (Å²) in [5.41, 5.74) is 0.282. The predicted molar refractivity (Wildman–Crippen MR) is 83.5 cm³/mol. The van der Waals surface area contributed by atoms with E-state index >= 15 is 0 Å². The summed E-state index contributed by atoms with van der Waals surface area (Å²) in [6, 6.07) is 9.10. The highest BCUT2D eigenvalue weighted by Gasteiger charge is 2.26. The van der Waals surface area contributed by atoms with Crippen molar-refractivity contribution >= 4 is 5.78 Å². The molecule has 23 heavy (non-hydrogen) atoms. The number of ketones is 1. The minimum atomic E-state index is -1.57. The summed E-state index contributed by atoms with van der Waals surface area (Å²) in [5.74, 6) is 0.270. The van der Waals surface area contributed by atoms with Crippen LogP contribution in [-0.4, -0.2) is 37.3 Å². The molecule has 0 aliphatic rings.